The molecule has 5 rings (SSSR count). The van der Waals surface area contributed by atoms with Crippen LogP contribution in [-0.2, 0) is 17.7 Å². The first kappa shape index (κ1) is 23.1. The quantitative estimate of drug-likeness (QED) is 0.304. The van der Waals surface area contributed by atoms with Crippen molar-refractivity contribution in [1.82, 2.24) is 9.88 Å². The molecule has 3 heterocycles. The first-order chi connectivity index (χ1) is 16.4. The van der Waals surface area contributed by atoms with Gasteiger partial charge in [-0.15, -0.1) is 22.7 Å². The zero-order chi connectivity index (χ0) is 23.8. The summed E-state index contributed by atoms with van der Waals surface area (Å²) in [7, 11) is 0. The normalized spacial score (nSPS) is 13.1. The monoisotopic (exact) mass is 531 g/mol. The minimum Gasteiger partial charge on any atom is -0.450 e. The van der Waals surface area contributed by atoms with Crippen LogP contribution >= 0.6 is 45.9 Å². The molecule has 0 aliphatic carbocycles. The molecular weight excluding hydrogens is 513 g/mol. The molecule has 6 nitrogen and oxygen atoms in total. The number of halogens is 2. The molecule has 1 aliphatic rings. The summed E-state index contributed by atoms with van der Waals surface area (Å²) in [5.41, 5.74) is 3.19. The maximum Gasteiger partial charge on any atom is 0.410 e. The number of amides is 2. The van der Waals surface area contributed by atoms with E-state index < -0.39 is 0 Å². The lowest BCUT2D eigenvalue weighted by molar-refractivity contribution is 0.102. The van der Waals surface area contributed by atoms with E-state index in [4.69, 9.17) is 32.9 Å². The predicted octanol–water partition coefficient (Wildman–Crippen LogP) is 7.10. The number of aromatic nitrogens is 1. The number of carbonyl (C=O) groups excluding carboxylic acids is 2. The first-order valence-corrected chi connectivity index (χ1v) is 13.0. The molecule has 4 aromatic rings. The number of fused-ring (bicyclic) bond motifs is 2. The van der Waals surface area contributed by atoms with Crippen LogP contribution in [0.3, 0.4) is 0 Å². The third-order valence-electron chi connectivity index (χ3n) is 5.49. The average Bonchev–Trinajstić information content (AvgIpc) is 3.40. The number of nitrogens with zero attached hydrogens (tertiary/aromatic N) is 2. The fourth-order valence-electron chi connectivity index (χ4n) is 3.91. The van der Waals surface area contributed by atoms with Crippen LogP contribution < -0.4 is 5.32 Å². The van der Waals surface area contributed by atoms with Gasteiger partial charge in [0, 0.05) is 22.0 Å². The standard InChI is InChI=1S/C24H19Cl2N3O3S2/c1-2-32-24(31)29-10-9-14-19(12-29)34-23(28-21(30)15-11-13(25)7-8-16(15)26)20(14)22-27-17-5-3-4-6-18(17)33-22/h3-8,11H,2,9-10,12H2,1H3,(H,28,30). The number of ether oxygens (including phenoxy) is 1. The summed E-state index contributed by atoms with van der Waals surface area (Å²) in [6.45, 7) is 3.07. The number of benzene rings is 2. The molecule has 0 saturated carbocycles. The number of anilines is 1. The van der Waals surface area contributed by atoms with E-state index in [1.807, 2.05) is 24.3 Å². The van der Waals surface area contributed by atoms with Crippen LogP contribution in [0.15, 0.2) is 42.5 Å². The minimum absolute atomic E-state index is 0.295. The van der Waals surface area contributed by atoms with Gasteiger partial charge in [0.2, 0.25) is 0 Å². The predicted molar refractivity (Wildman–Crippen MR) is 138 cm³/mol. The Morgan fingerprint density at radius 1 is 1.18 bits per heavy atom. The van der Waals surface area contributed by atoms with Gasteiger partial charge in [-0.25, -0.2) is 9.78 Å². The van der Waals surface area contributed by atoms with Gasteiger partial charge in [-0.05, 0) is 49.2 Å². The van der Waals surface area contributed by atoms with E-state index in [0.29, 0.717) is 46.7 Å². The average molecular weight is 532 g/mol. The van der Waals surface area contributed by atoms with Gasteiger partial charge < -0.3 is 15.0 Å². The van der Waals surface area contributed by atoms with Gasteiger partial charge in [0.15, 0.2) is 0 Å². The number of thiophene rings is 1. The van der Waals surface area contributed by atoms with E-state index in [1.54, 1.807) is 41.4 Å². The molecule has 0 bridgehead atoms. The van der Waals surface area contributed by atoms with Crippen LogP contribution in [0.5, 0.6) is 0 Å². The van der Waals surface area contributed by atoms with Crippen molar-refractivity contribution in [3.63, 3.8) is 0 Å². The van der Waals surface area contributed by atoms with Crippen molar-refractivity contribution < 1.29 is 14.3 Å². The van der Waals surface area contributed by atoms with E-state index >= 15 is 0 Å². The number of hydrogen-bond acceptors (Lipinski definition) is 6. The van der Waals surface area contributed by atoms with Gasteiger partial charge in [-0.3, -0.25) is 4.79 Å². The van der Waals surface area contributed by atoms with E-state index in [-0.39, 0.29) is 12.0 Å². The number of thiazole rings is 1. The van der Waals surface area contributed by atoms with Crippen molar-refractivity contribution in [1.29, 1.82) is 0 Å². The zero-order valence-corrected chi connectivity index (χ0v) is 21.2. The molecule has 1 aliphatic heterocycles. The summed E-state index contributed by atoms with van der Waals surface area (Å²) in [6, 6.07) is 12.7. The molecule has 1 N–H and O–H groups in total. The van der Waals surface area contributed by atoms with Crippen LogP contribution in [0.25, 0.3) is 20.8 Å². The Morgan fingerprint density at radius 3 is 2.79 bits per heavy atom. The summed E-state index contributed by atoms with van der Waals surface area (Å²) in [5, 5.41) is 5.28. The Hall–Kier alpha value is -2.65. The number of carbonyl (C=O) groups is 2. The molecule has 174 valence electrons. The van der Waals surface area contributed by atoms with Crippen molar-refractivity contribution >= 4 is 73.1 Å². The highest BCUT2D eigenvalue weighted by Gasteiger charge is 2.30. The molecule has 34 heavy (non-hydrogen) atoms. The fourth-order valence-corrected chi connectivity index (χ4v) is 6.65. The molecule has 0 atom stereocenters. The molecule has 0 fully saturated rings. The third-order valence-corrected chi connectivity index (χ3v) is 8.24. The fraction of sp³-hybridized carbons (Fsp3) is 0.208. The largest absolute Gasteiger partial charge is 0.450 e. The van der Waals surface area contributed by atoms with Crippen LogP contribution in [0, 0.1) is 0 Å². The second-order valence-electron chi connectivity index (χ2n) is 7.64. The van der Waals surface area contributed by atoms with Gasteiger partial charge in [0.1, 0.15) is 10.0 Å². The summed E-state index contributed by atoms with van der Waals surface area (Å²) in [6.07, 6.45) is 0.309. The lowest BCUT2D eigenvalue weighted by atomic mass is 10.0. The van der Waals surface area contributed by atoms with Crippen LogP contribution in [0.2, 0.25) is 10.0 Å². The van der Waals surface area contributed by atoms with Gasteiger partial charge in [0.25, 0.3) is 5.91 Å². The van der Waals surface area contributed by atoms with Gasteiger partial charge in [-0.2, -0.15) is 0 Å². The minimum atomic E-state index is -0.351. The highest BCUT2D eigenvalue weighted by Crippen LogP contribution is 2.46. The molecule has 0 unspecified atom stereocenters. The molecule has 0 spiro atoms. The maximum atomic E-state index is 13.2. The number of nitrogens with one attached hydrogen (secondary N) is 1. The molecule has 2 amide bonds. The molecule has 2 aromatic carbocycles. The zero-order valence-electron chi connectivity index (χ0n) is 18.1. The smallest absolute Gasteiger partial charge is 0.410 e. The Kier molecular flexibility index (Phi) is 6.48. The lowest BCUT2D eigenvalue weighted by Crippen LogP contribution is -2.35. The van der Waals surface area contributed by atoms with E-state index in [9.17, 15) is 9.59 Å². The first-order valence-electron chi connectivity index (χ1n) is 10.6. The topological polar surface area (TPSA) is 71.5 Å². The summed E-state index contributed by atoms with van der Waals surface area (Å²) >= 11 is 15.4. The molecule has 0 saturated heterocycles. The van der Waals surface area contributed by atoms with Gasteiger partial charge in [0.05, 0.1) is 34.0 Å². The molecular formula is C24H19Cl2N3O3S2. The molecule has 10 heteroatoms. The Labute approximate surface area is 214 Å². The Balaban J connectivity index is 1.57. The number of para-hydroxylation sites is 1. The second kappa shape index (κ2) is 9.54. The SMILES string of the molecule is CCOC(=O)N1CCc2c(sc(NC(=O)c3cc(Cl)ccc3Cl)c2-c2nc3ccccc3s2)C1. The summed E-state index contributed by atoms with van der Waals surface area (Å²) in [5.74, 6) is -0.351. The summed E-state index contributed by atoms with van der Waals surface area (Å²) < 4.78 is 6.26. The highest BCUT2D eigenvalue weighted by molar-refractivity contribution is 7.23. The van der Waals surface area contributed by atoms with Crippen molar-refractivity contribution in [2.24, 2.45) is 0 Å². The van der Waals surface area contributed by atoms with Crippen LogP contribution in [0.1, 0.15) is 27.7 Å². The Morgan fingerprint density at radius 2 is 2.00 bits per heavy atom. The summed E-state index contributed by atoms with van der Waals surface area (Å²) in [4.78, 5) is 33.0. The van der Waals surface area contributed by atoms with E-state index in [2.05, 4.69) is 5.32 Å². The van der Waals surface area contributed by atoms with Crippen molar-refractivity contribution in [2.45, 2.75) is 19.9 Å². The lowest BCUT2D eigenvalue weighted by Gasteiger charge is -2.26. The van der Waals surface area contributed by atoms with Gasteiger partial charge in [-0.1, -0.05) is 35.3 Å². The van der Waals surface area contributed by atoms with Gasteiger partial charge >= 0.3 is 6.09 Å². The van der Waals surface area contributed by atoms with E-state index in [0.717, 1.165) is 31.2 Å². The second-order valence-corrected chi connectivity index (χ2v) is 10.6. The van der Waals surface area contributed by atoms with Crippen molar-refractivity contribution in [2.75, 3.05) is 18.5 Å². The maximum absolute atomic E-state index is 13.2. The van der Waals surface area contributed by atoms with E-state index in [1.165, 1.54) is 11.3 Å². The molecule has 2 aromatic heterocycles. The van der Waals surface area contributed by atoms with Crippen molar-refractivity contribution in [3.8, 4) is 10.6 Å². The van der Waals surface area contributed by atoms with Crippen LogP contribution in [0.4, 0.5) is 9.80 Å². The number of hydrogen-bond donors (Lipinski definition) is 1. The molecule has 0 radical (unpaired) electrons. The van der Waals surface area contributed by atoms with Crippen molar-refractivity contribution in [3.05, 3.63) is 68.5 Å². The number of rotatable bonds is 4. The Bertz CT molecular complexity index is 1380. The van der Waals surface area contributed by atoms with Crippen LogP contribution in [-0.4, -0.2) is 35.0 Å². The third kappa shape index (κ3) is 4.38. The highest BCUT2D eigenvalue weighted by atomic mass is 35.5.